The lowest BCUT2D eigenvalue weighted by Crippen LogP contribution is -2.41. The van der Waals surface area contributed by atoms with E-state index in [9.17, 15) is 4.79 Å². The minimum Gasteiger partial charge on any atom is -0.466 e. The van der Waals surface area contributed by atoms with Crippen LogP contribution in [-0.4, -0.2) is 61.9 Å². The van der Waals surface area contributed by atoms with Gasteiger partial charge in [-0.05, 0) is 39.7 Å². The molecule has 1 aromatic heterocycles. The van der Waals surface area contributed by atoms with Crippen LogP contribution < -0.4 is 5.32 Å². The van der Waals surface area contributed by atoms with Crippen LogP contribution in [-0.2, 0) is 9.47 Å². The van der Waals surface area contributed by atoms with Crippen molar-refractivity contribution in [1.82, 2.24) is 10.2 Å². The fraction of sp³-hybridized carbons (Fsp3) is 0.750. The zero-order valence-electron chi connectivity index (χ0n) is 16.0. The normalized spacial score (nSPS) is 33.0. The van der Waals surface area contributed by atoms with Gasteiger partial charge in [0, 0.05) is 44.6 Å². The number of carbonyl (C=O) groups is 1. The largest absolute Gasteiger partial charge is 0.466 e. The molecule has 2 bridgehead atoms. The molecule has 1 spiro atoms. The second-order valence-electron chi connectivity index (χ2n) is 8.00. The predicted octanol–water partition coefficient (Wildman–Crippen LogP) is 2.14. The standard InChI is InChI=1S/C20H30N2O4/c1-4-24-8-7-22-11-17-16(18-5-6-20(17,12-22)26-18)10-21-19(23)15-9-13(2)25-14(15)3/h9,16-18H,4-8,10-12H2,1-3H3,(H,21,23)/t16-,17+,18+,20+/m0/s1. The van der Waals surface area contributed by atoms with Crippen LogP contribution in [0.15, 0.2) is 10.5 Å². The topological polar surface area (TPSA) is 63.9 Å². The first-order valence-electron chi connectivity index (χ1n) is 9.85. The van der Waals surface area contributed by atoms with Crippen LogP contribution in [0.25, 0.3) is 0 Å². The molecule has 0 saturated carbocycles. The summed E-state index contributed by atoms with van der Waals surface area (Å²) in [6, 6.07) is 1.81. The number of carbonyl (C=O) groups excluding carboxylic acids is 1. The molecule has 0 radical (unpaired) electrons. The highest BCUT2D eigenvalue weighted by atomic mass is 16.5. The quantitative estimate of drug-likeness (QED) is 0.753. The molecular formula is C20H30N2O4. The van der Waals surface area contributed by atoms with Gasteiger partial charge in [0.1, 0.15) is 11.5 Å². The molecular weight excluding hydrogens is 332 g/mol. The number of furan rings is 1. The minimum absolute atomic E-state index is 0.00835. The Balaban J connectivity index is 1.37. The molecule has 6 nitrogen and oxygen atoms in total. The van der Waals surface area contributed by atoms with E-state index in [0.717, 1.165) is 51.4 Å². The fourth-order valence-electron chi connectivity index (χ4n) is 5.23. The summed E-state index contributed by atoms with van der Waals surface area (Å²) < 4.78 is 17.4. The van der Waals surface area contributed by atoms with E-state index in [2.05, 4.69) is 10.2 Å². The molecule has 4 atom stereocenters. The Bertz CT molecular complexity index is 673. The van der Waals surface area contributed by atoms with Crippen molar-refractivity contribution in [3.8, 4) is 0 Å². The van der Waals surface area contributed by atoms with Crippen molar-refractivity contribution in [3.05, 3.63) is 23.2 Å². The van der Waals surface area contributed by atoms with Crippen LogP contribution in [0.5, 0.6) is 0 Å². The molecule has 4 rings (SSSR count). The summed E-state index contributed by atoms with van der Waals surface area (Å²) in [7, 11) is 0. The summed E-state index contributed by atoms with van der Waals surface area (Å²) in [5, 5.41) is 3.13. The van der Waals surface area contributed by atoms with Crippen LogP contribution >= 0.6 is 0 Å². The number of fused-ring (bicyclic) bond motifs is 1. The van der Waals surface area contributed by atoms with Crippen LogP contribution in [0.3, 0.4) is 0 Å². The molecule has 1 aromatic rings. The first kappa shape index (κ1) is 18.0. The highest BCUT2D eigenvalue weighted by Crippen LogP contribution is 2.54. The molecule has 6 heteroatoms. The first-order chi connectivity index (χ1) is 12.5. The Morgan fingerprint density at radius 3 is 3.04 bits per heavy atom. The first-order valence-corrected chi connectivity index (χ1v) is 9.85. The SMILES string of the molecule is CCOCCN1C[C@@H]2[C@H](CNC(=O)c3cc(C)oc3C)[C@H]3CC[C@]2(C1)O3. The number of likely N-dealkylation sites (tertiary alicyclic amines) is 1. The molecule has 3 aliphatic heterocycles. The van der Waals surface area contributed by atoms with Gasteiger partial charge < -0.3 is 19.2 Å². The maximum absolute atomic E-state index is 12.5. The minimum atomic E-state index is -0.0395. The lowest BCUT2D eigenvalue weighted by atomic mass is 9.73. The number of nitrogens with one attached hydrogen (secondary N) is 1. The Morgan fingerprint density at radius 2 is 2.31 bits per heavy atom. The van der Waals surface area contributed by atoms with Gasteiger partial charge in [0.15, 0.2) is 0 Å². The van der Waals surface area contributed by atoms with E-state index in [1.807, 2.05) is 26.8 Å². The smallest absolute Gasteiger partial charge is 0.254 e. The average molecular weight is 362 g/mol. The van der Waals surface area contributed by atoms with Crippen LogP contribution in [0.2, 0.25) is 0 Å². The van der Waals surface area contributed by atoms with Crippen molar-refractivity contribution in [1.29, 1.82) is 0 Å². The van der Waals surface area contributed by atoms with Crippen LogP contribution in [0.4, 0.5) is 0 Å². The summed E-state index contributed by atoms with van der Waals surface area (Å²) in [4.78, 5) is 15.0. The van der Waals surface area contributed by atoms with Gasteiger partial charge in [-0.15, -0.1) is 0 Å². The molecule has 3 fully saturated rings. The monoisotopic (exact) mass is 362 g/mol. The second-order valence-corrected chi connectivity index (χ2v) is 8.00. The summed E-state index contributed by atoms with van der Waals surface area (Å²) in [5.74, 6) is 2.33. The molecule has 3 aliphatic rings. The maximum atomic E-state index is 12.5. The lowest BCUT2D eigenvalue weighted by molar-refractivity contribution is 0.000447. The summed E-state index contributed by atoms with van der Waals surface area (Å²) >= 11 is 0. The lowest BCUT2D eigenvalue weighted by Gasteiger charge is -2.29. The maximum Gasteiger partial charge on any atom is 0.254 e. The number of ether oxygens (including phenoxy) is 2. The van der Waals surface area contributed by atoms with E-state index < -0.39 is 0 Å². The zero-order valence-corrected chi connectivity index (χ0v) is 16.0. The Morgan fingerprint density at radius 1 is 1.46 bits per heavy atom. The van der Waals surface area contributed by atoms with Crippen molar-refractivity contribution in [2.75, 3.05) is 39.4 Å². The summed E-state index contributed by atoms with van der Waals surface area (Å²) in [6.45, 7) is 11.0. The summed E-state index contributed by atoms with van der Waals surface area (Å²) in [5.41, 5.74) is 0.653. The van der Waals surface area contributed by atoms with E-state index in [1.165, 1.54) is 0 Å². The van der Waals surface area contributed by atoms with Gasteiger partial charge in [-0.25, -0.2) is 0 Å². The number of aryl methyl sites for hydroxylation is 2. The highest BCUT2D eigenvalue weighted by Gasteiger charge is 2.62. The van der Waals surface area contributed by atoms with Crippen LogP contribution in [0.1, 0.15) is 41.6 Å². The van der Waals surface area contributed by atoms with Gasteiger partial charge in [0.2, 0.25) is 0 Å². The number of rotatable bonds is 7. The van der Waals surface area contributed by atoms with E-state index in [0.29, 0.717) is 35.8 Å². The van der Waals surface area contributed by atoms with Gasteiger partial charge in [0.05, 0.1) is 23.9 Å². The third-order valence-electron chi connectivity index (χ3n) is 6.39. The fourth-order valence-corrected chi connectivity index (χ4v) is 5.23. The number of hydrogen-bond acceptors (Lipinski definition) is 5. The number of nitrogens with zero attached hydrogens (tertiary/aromatic N) is 1. The van der Waals surface area contributed by atoms with Gasteiger partial charge >= 0.3 is 0 Å². The van der Waals surface area contributed by atoms with Gasteiger partial charge in [0.25, 0.3) is 5.91 Å². The molecule has 144 valence electrons. The number of hydrogen-bond donors (Lipinski definition) is 1. The van der Waals surface area contributed by atoms with Crippen molar-refractivity contribution in [2.24, 2.45) is 11.8 Å². The highest BCUT2D eigenvalue weighted by molar-refractivity contribution is 5.95. The molecule has 3 saturated heterocycles. The molecule has 1 N–H and O–H groups in total. The summed E-state index contributed by atoms with van der Waals surface area (Å²) in [6.07, 6.45) is 2.56. The van der Waals surface area contributed by atoms with Gasteiger partial charge in [-0.1, -0.05) is 0 Å². The molecule has 4 heterocycles. The van der Waals surface area contributed by atoms with Gasteiger partial charge in [-0.2, -0.15) is 0 Å². The third kappa shape index (κ3) is 3.08. The second kappa shape index (κ2) is 6.98. The van der Waals surface area contributed by atoms with Crippen molar-refractivity contribution >= 4 is 5.91 Å². The Labute approximate surface area is 155 Å². The van der Waals surface area contributed by atoms with Crippen molar-refractivity contribution in [3.63, 3.8) is 0 Å². The van der Waals surface area contributed by atoms with E-state index in [-0.39, 0.29) is 11.5 Å². The molecule has 0 aromatic carbocycles. The molecule has 0 unspecified atom stereocenters. The van der Waals surface area contributed by atoms with E-state index in [4.69, 9.17) is 13.9 Å². The number of amides is 1. The van der Waals surface area contributed by atoms with E-state index in [1.54, 1.807) is 0 Å². The van der Waals surface area contributed by atoms with Crippen molar-refractivity contribution in [2.45, 2.75) is 45.3 Å². The van der Waals surface area contributed by atoms with Gasteiger partial charge in [-0.3, -0.25) is 9.69 Å². The zero-order chi connectivity index (χ0) is 18.3. The molecule has 26 heavy (non-hydrogen) atoms. The van der Waals surface area contributed by atoms with Crippen molar-refractivity contribution < 1.29 is 18.7 Å². The van der Waals surface area contributed by atoms with E-state index >= 15 is 0 Å². The molecule has 1 amide bonds. The predicted molar refractivity (Wildman–Crippen MR) is 97.3 cm³/mol. The average Bonchev–Trinajstić information content (AvgIpc) is 3.32. The molecule has 0 aliphatic carbocycles. The third-order valence-corrected chi connectivity index (χ3v) is 6.39. The Hall–Kier alpha value is -1.37. The Kier molecular flexibility index (Phi) is 4.84. The van der Waals surface area contributed by atoms with Crippen LogP contribution in [0, 0.1) is 25.7 Å².